The molecule has 1 saturated heterocycles. The van der Waals surface area contributed by atoms with Crippen molar-refractivity contribution < 1.29 is 4.79 Å². The Morgan fingerprint density at radius 1 is 1.35 bits per heavy atom. The summed E-state index contributed by atoms with van der Waals surface area (Å²) in [5.41, 5.74) is 3.09. The zero-order chi connectivity index (χ0) is 16.1. The molecule has 1 amide bonds. The molecule has 1 atom stereocenters. The number of amides is 1. The fourth-order valence-corrected chi connectivity index (χ4v) is 2.99. The minimum atomic E-state index is -0.0382. The molecule has 3 heterocycles. The van der Waals surface area contributed by atoms with Crippen molar-refractivity contribution in [1.82, 2.24) is 25.2 Å². The van der Waals surface area contributed by atoms with Crippen LogP contribution in [0, 0.1) is 0 Å². The summed E-state index contributed by atoms with van der Waals surface area (Å²) in [6.45, 7) is 3.88. The Balaban J connectivity index is 1.72. The lowest BCUT2D eigenvalue weighted by molar-refractivity contribution is -0.119. The summed E-state index contributed by atoms with van der Waals surface area (Å²) in [6.07, 6.45) is 7.55. The molecule has 1 aliphatic heterocycles. The highest BCUT2D eigenvalue weighted by Gasteiger charge is 2.27. The number of pyridine rings is 1. The average molecular weight is 311 g/mol. The van der Waals surface area contributed by atoms with Gasteiger partial charge >= 0.3 is 0 Å². The SMILES string of the molecule is CC(=O)NCc1cccc(C2CCCN2Cc2cncnc2)n1. The molecule has 2 aromatic heterocycles. The number of hydrogen-bond donors (Lipinski definition) is 1. The highest BCUT2D eigenvalue weighted by molar-refractivity contribution is 5.72. The van der Waals surface area contributed by atoms with Crippen molar-refractivity contribution in [3.8, 4) is 0 Å². The molecule has 1 unspecified atom stereocenters. The molecule has 0 aliphatic carbocycles. The summed E-state index contributed by atoms with van der Waals surface area (Å²) in [5, 5.41) is 2.80. The highest BCUT2D eigenvalue weighted by Crippen LogP contribution is 2.31. The lowest BCUT2D eigenvalue weighted by Gasteiger charge is -2.24. The van der Waals surface area contributed by atoms with Gasteiger partial charge in [-0.3, -0.25) is 14.7 Å². The van der Waals surface area contributed by atoms with Gasteiger partial charge in [-0.15, -0.1) is 0 Å². The summed E-state index contributed by atoms with van der Waals surface area (Å²) in [5.74, 6) is -0.0382. The van der Waals surface area contributed by atoms with E-state index in [2.05, 4.69) is 26.3 Å². The van der Waals surface area contributed by atoms with Gasteiger partial charge < -0.3 is 5.32 Å². The molecule has 6 heteroatoms. The lowest BCUT2D eigenvalue weighted by atomic mass is 10.1. The molecule has 23 heavy (non-hydrogen) atoms. The van der Waals surface area contributed by atoms with Crippen LogP contribution in [0.1, 0.15) is 42.8 Å². The molecule has 0 spiro atoms. The zero-order valence-electron chi connectivity index (χ0n) is 13.3. The Kier molecular flexibility index (Phi) is 4.92. The molecule has 0 radical (unpaired) electrons. The van der Waals surface area contributed by atoms with Gasteiger partial charge in [0.2, 0.25) is 5.91 Å². The van der Waals surface area contributed by atoms with Crippen molar-refractivity contribution in [3.05, 3.63) is 53.9 Å². The summed E-state index contributed by atoms with van der Waals surface area (Å²) < 4.78 is 0. The van der Waals surface area contributed by atoms with Crippen LogP contribution in [-0.4, -0.2) is 32.3 Å². The van der Waals surface area contributed by atoms with Crippen LogP contribution in [0.5, 0.6) is 0 Å². The number of nitrogens with one attached hydrogen (secondary N) is 1. The number of rotatable bonds is 5. The van der Waals surface area contributed by atoms with Crippen molar-refractivity contribution in [2.24, 2.45) is 0 Å². The van der Waals surface area contributed by atoms with Crippen LogP contribution in [0.15, 0.2) is 36.9 Å². The molecular formula is C17H21N5O. The van der Waals surface area contributed by atoms with Crippen molar-refractivity contribution in [3.63, 3.8) is 0 Å². The van der Waals surface area contributed by atoms with Crippen LogP contribution in [-0.2, 0) is 17.9 Å². The third-order valence-corrected chi connectivity index (χ3v) is 4.05. The molecule has 1 aliphatic rings. The quantitative estimate of drug-likeness (QED) is 0.912. The Hall–Kier alpha value is -2.34. The highest BCUT2D eigenvalue weighted by atomic mass is 16.1. The fraction of sp³-hybridized carbons (Fsp3) is 0.412. The van der Waals surface area contributed by atoms with E-state index in [-0.39, 0.29) is 5.91 Å². The van der Waals surface area contributed by atoms with E-state index in [0.29, 0.717) is 12.6 Å². The van der Waals surface area contributed by atoms with Crippen LogP contribution in [0.2, 0.25) is 0 Å². The Morgan fingerprint density at radius 2 is 2.17 bits per heavy atom. The first-order valence-electron chi connectivity index (χ1n) is 7.90. The molecule has 6 nitrogen and oxygen atoms in total. The lowest BCUT2D eigenvalue weighted by Crippen LogP contribution is -2.24. The van der Waals surface area contributed by atoms with E-state index in [0.717, 1.165) is 42.9 Å². The topological polar surface area (TPSA) is 71.0 Å². The van der Waals surface area contributed by atoms with Crippen LogP contribution in [0.25, 0.3) is 0 Å². The van der Waals surface area contributed by atoms with Crippen LogP contribution >= 0.6 is 0 Å². The Morgan fingerprint density at radius 3 is 2.96 bits per heavy atom. The first kappa shape index (κ1) is 15.6. The third-order valence-electron chi connectivity index (χ3n) is 4.05. The van der Waals surface area contributed by atoms with Crippen molar-refractivity contribution in [2.45, 2.75) is 38.9 Å². The second kappa shape index (κ2) is 7.28. The monoisotopic (exact) mass is 311 g/mol. The molecule has 3 rings (SSSR count). The summed E-state index contributed by atoms with van der Waals surface area (Å²) in [6, 6.07) is 6.35. The van der Waals surface area contributed by atoms with Crippen LogP contribution in [0.3, 0.4) is 0 Å². The Labute approximate surface area is 136 Å². The zero-order valence-corrected chi connectivity index (χ0v) is 13.3. The second-order valence-electron chi connectivity index (χ2n) is 5.84. The third kappa shape index (κ3) is 4.10. The number of nitrogens with zero attached hydrogens (tertiary/aromatic N) is 4. The minimum absolute atomic E-state index is 0.0382. The maximum atomic E-state index is 11.1. The minimum Gasteiger partial charge on any atom is -0.351 e. The number of hydrogen-bond acceptors (Lipinski definition) is 5. The number of likely N-dealkylation sites (tertiary alicyclic amines) is 1. The van der Waals surface area contributed by atoms with Gasteiger partial charge in [0.25, 0.3) is 0 Å². The maximum absolute atomic E-state index is 11.1. The molecule has 0 saturated carbocycles. The van der Waals surface area contributed by atoms with Gasteiger partial charge in [-0.2, -0.15) is 0 Å². The summed E-state index contributed by atoms with van der Waals surface area (Å²) >= 11 is 0. The van der Waals surface area contributed by atoms with E-state index < -0.39 is 0 Å². The first-order chi connectivity index (χ1) is 11.2. The van der Waals surface area contributed by atoms with Gasteiger partial charge in [0.15, 0.2) is 0 Å². The Bertz CT molecular complexity index is 661. The van der Waals surface area contributed by atoms with Crippen LogP contribution in [0.4, 0.5) is 0 Å². The van der Waals surface area contributed by atoms with E-state index in [9.17, 15) is 4.79 Å². The molecule has 0 aromatic carbocycles. The van der Waals surface area contributed by atoms with Gasteiger partial charge in [-0.1, -0.05) is 6.07 Å². The van der Waals surface area contributed by atoms with Crippen molar-refractivity contribution in [1.29, 1.82) is 0 Å². The number of carbonyl (C=O) groups excluding carboxylic acids is 1. The van der Waals surface area contributed by atoms with E-state index in [1.54, 1.807) is 6.33 Å². The normalized spacial score (nSPS) is 18.0. The predicted octanol–water partition coefficient (Wildman–Crippen LogP) is 1.84. The predicted molar refractivity (Wildman–Crippen MR) is 86.2 cm³/mol. The second-order valence-corrected chi connectivity index (χ2v) is 5.84. The van der Waals surface area contributed by atoms with Gasteiger partial charge in [-0.05, 0) is 31.5 Å². The van der Waals surface area contributed by atoms with Gasteiger partial charge in [0.05, 0.1) is 24.0 Å². The van der Waals surface area contributed by atoms with E-state index in [1.807, 2.05) is 24.5 Å². The van der Waals surface area contributed by atoms with Crippen molar-refractivity contribution >= 4 is 5.91 Å². The summed E-state index contributed by atoms with van der Waals surface area (Å²) in [7, 11) is 0. The molecule has 0 bridgehead atoms. The molecular weight excluding hydrogens is 290 g/mol. The van der Waals surface area contributed by atoms with Gasteiger partial charge in [0.1, 0.15) is 6.33 Å². The van der Waals surface area contributed by atoms with Crippen molar-refractivity contribution in [2.75, 3.05) is 6.54 Å². The standard InChI is InChI=1S/C17H21N5O/c1-13(23)20-10-15-4-2-5-16(21-15)17-6-3-7-22(17)11-14-8-18-12-19-9-14/h2,4-5,8-9,12,17H,3,6-7,10-11H2,1H3,(H,20,23). The van der Waals surface area contributed by atoms with E-state index in [4.69, 9.17) is 4.98 Å². The summed E-state index contributed by atoms with van der Waals surface area (Å²) in [4.78, 5) is 26.4. The van der Waals surface area contributed by atoms with Crippen LogP contribution < -0.4 is 5.32 Å². The van der Waals surface area contributed by atoms with E-state index in [1.165, 1.54) is 6.92 Å². The van der Waals surface area contributed by atoms with Gasteiger partial charge in [-0.25, -0.2) is 9.97 Å². The molecule has 1 fully saturated rings. The number of carbonyl (C=O) groups is 1. The smallest absolute Gasteiger partial charge is 0.217 e. The number of aromatic nitrogens is 3. The largest absolute Gasteiger partial charge is 0.351 e. The molecule has 2 aromatic rings. The van der Waals surface area contributed by atoms with Gasteiger partial charge in [0, 0.05) is 31.4 Å². The molecule has 1 N–H and O–H groups in total. The maximum Gasteiger partial charge on any atom is 0.217 e. The first-order valence-corrected chi connectivity index (χ1v) is 7.90. The molecule has 120 valence electrons. The van der Waals surface area contributed by atoms with E-state index >= 15 is 0 Å². The fourth-order valence-electron chi connectivity index (χ4n) is 2.99. The average Bonchev–Trinajstić information content (AvgIpc) is 3.02.